The van der Waals surface area contributed by atoms with E-state index in [2.05, 4.69) is 33.0 Å². The second kappa shape index (κ2) is 7.60. The van der Waals surface area contributed by atoms with E-state index >= 15 is 0 Å². The minimum Gasteiger partial charge on any atom is -0.314 e. The summed E-state index contributed by atoms with van der Waals surface area (Å²) in [6.07, 6.45) is 5.24. The molecule has 0 aliphatic rings. The molecule has 0 bridgehead atoms. The molecule has 0 amide bonds. The molecular weight excluding hydrogens is 146 g/mol. The third-order valence-corrected chi connectivity index (χ3v) is 2.61. The Balaban J connectivity index is 3.60. The van der Waals surface area contributed by atoms with Crippen LogP contribution in [0.2, 0.25) is 0 Å². The Morgan fingerprint density at radius 2 is 1.75 bits per heavy atom. The quantitative estimate of drug-likeness (QED) is 0.620. The molecule has 0 aliphatic carbocycles. The lowest BCUT2D eigenvalue weighted by atomic mass is 9.93. The van der Waals surface area contributed by atoms with Crippen molar-refractivity contribution in [2.45, 2.75) is 59.4 Å². The average Bonchev–Trinajstić information content (AvgIpc) is 2.10. The lowest BCUT2D eigenvalue weighted by Crippen LogP contribution is -2.33. The van der Waals surface area contributed by atoms with Gasteiger partial charge in [0.2, 0.25) is 0 Å². The molecule has 74 valence electrons. The number of rotatable bonds is 7. The maximum Gasteiger partial charge on any atom is 0.00668 e. The predicted octanol–water partition coefficient (Wildman–Crippen LogP) is 3.20. The molecule has 1 nitrogen and oxygen atoms in total. The van der Waals surface area contributed by atoms with Crippen molar-refractivity contribution in [1.82, 2.24) is 5.32 Å². The third kappa shape index (κ3) is 4.76. The molecule has 0 heterocycles. The van der Waals surface area contributed by atoms with Crippen LogP contribution in [0.5, 0.6) is 0 Å². The van der Waals surface area contributed by atoms with Crippen LogP contribution in [-0.4, -0.2) is 12.6 Å². The molecule has 0 radical (unpaired) electrons. The van der Waals surface area contributed by atoms with Crippen LogP contribution in [0.3, 0.4) is 0 Å². The van der Waals surface area contributed by atoms with Gasteiger partial charge in [-0.15, -0.1) is 0 Å². The third-order valence-electron chi connectivity index (χ3n) is 2.61. The highest BCUT2D eigenvalue weighted by molar-refractivity contribution is 4.70. The largest absolute Gasteiger partial charge is 0.314 e. The van der Waals surface area contributed by atoms with Gasteiger partial charge in [-0.05, 0) is 32.2 Å². The summed E-state index contributed by atoms with van der Waals surface area (Å²) in [5.74, 6) is 0.876. The van der Waals surface area contributed by atoms with Crippen molar-refractivity contribution in [3.8, 4) is 0 Å². The molecule has 0 saturated carbocycles. The Kier molecular flexibility index (Phi) is 7.58. The Bertz CT molecular complexity index is 91.0. The van der Waals surface area contributed by atoms with Crippen molar-refractivity contribution in [2.24, 2.45) is 5.92 Å². The Morgan fingerprint density at radius 3 is 2.17 bits per heavy atom. The fraction of sp³-hybridized carbons (Fsp3) is 1.00. The topological polar surface area (TPSA) is 12.0 Å². The summed E-state index contributed by atoms with van der Waals surface area (Å²) in [6.45, 7) is 10.3. The molecule has 1 N–H and O–H groups in total. The van der Waals surface area contributed by atoms with Gasteiger partial charge in [0.15, 0.2) is 0 Å². The molecule has 0 fully saturated rings. The summed E-state index contributed by atoms with van der Waals surface area (Å²) in [4.78, 5) is 0. The smallest absolute Gasteiger partial charge is 0.00668 e. The molecule has 0 spiro atoms. The summed E-state index contributed by atoms with van der Waals surface area (Å²) >= 11 is 0. The van der Waals surface area contributed by atoms with Gasteiger partial charge in [0.25, 0.3) is 0 Å². The molecule has 12 heavy (non-hydrogen) atoms. The minimum atomic E-state index is 0.704. The highest BCUT2D eigenvalue weighted by Gasteiger charge is 2.12. The van der Waals surface area contributed by atoms with E-state index in [1.807, 2.05) is 0 Å². The highest BCUT2D eigenvalue weighted by atomic mass is 14.9. The van der Waals surface area contributed by atoms with Crippen LogP contribution in [0.25, 0.3) is 0 Å². The van der Waals surface area contributed by atoms with Crippen molar-refractivity contribution in [2.75, 3.05) is 6.54 Å². The van der Waals surface area contributed by atoms with E-state index < -0.39 is 0 Å². The monoisotopic (exact) mass is 171 g/mol. The summed E-state index contributed by atoms with van der Waals surface area (Å²) in [7, 11) is 0. The standard InChI is InChI=1S/C11H25N/c1-5-8-11(7-3)10(4)12-9-6-2/h10-12H,5-9H2,1-4H3. The first-order valence-electron chi connectivity index (χ1n) is 5.49. The fourth-order valence-electron chi connectivity index (χ4n) is 1.72. The normalized spacial score (nSPS) is 16.0. The summed E-state index contributed by atoms with van der Waals surface area (Å²) in [5.41, 5.74) is 0. The van der Waals surface area contributed by atoms with Gasteiger partial charge in [-0.2, -0.15) is 0 Å². The van der Waals surface area contributed by atoms with Crippen molar-refractivity contribution >= 4 is 0 Å². The fourth-order valence-corrected chi connectivity index (χ4v) is 1.72. The second-order valence-corrected chi connectivity index (χ2v) is 3.70. The first-order chi connectivity index (χ1) is 5.76. The van der Waals surface area contributed by atoms with Gasteiger partial charge < -0.3 is 5.32 Å². The van der Waals surface area contributed by atoms with Gasteiger partial charge >= 0.3 is 0 Å². The minimum absolute atomic E-state index is 0.704. The van der Waals surface area contributed by atoms with Crippen LogP contribution >= 0.6 is 0 Å². The van der Waals surface area contributed by atoms with Gasteiger partial charge in [0, 0.05) is 6.04 Å². The second-order valence-electron chi connectivity index (χ2n) is 3.70. The van der Waals surface area contributed by atoms with Crippen LogP contribution in [0.1, 0.15) is 53.4 Å². The van der Waals surface area contributed by atoms with Crippen molar-refractivity contribution in [3.63, 3.8) is 0 Å². The van der Waals surface area contributed by atoms with Gasteiger partial charge in [-0.25, -0.2) is 0 Å². The molecule has 0 aliphatic heterocycles. The van der Waals surface area contributed by atoms with Crippen LogP contribution in [0.4, 0.5) is 0 Å². The number of hydrogen-bond donors (Lipinski definition) is 1. The summed E-state index contributed by atoms with van der Waals surface area (Å²) in [5, 5.41) is 3.57. The van der Waals surface area contributed by atoms with E-state index in [1.165, 1.54) is 32.2 Å². The van der Waals surface area contributed by atoms with E-state index in [-0.39, 0.29) is 0 Å². The molecular formula is C11H25N. The Morgan fingerprint density at radius 1 is 1.08 bits per heavy atom. The molecule has 2 unspecified atom stereocenters. The maximum atomic E-state index is 3.57. The van der Waals surface area contributed by atoms with Crippen molar-refractivity contribution in [3.05, 3.63) is 0 Å². The van der Waals surface area contributed by atoms with Crippen molar-refractivity contribution < 1.29 is 0 Å². The SMILES string of the molecule is CCCNC(C)C(CC)CCC. The number of hydrogen-bond acceptors (Lipinski definition) is 1. The predicted molar refractivity (Wildman–Crippen MR) is 56.4 cm³/mol. The summed E-state index contributed by atoms with van der Waals surface area (Å²) < 4.78 is 0. The highest BCUT2D eigenvalue weighted by Crippen LogP contribution is 2.14. The van der Waals surface area contributed by atoms with E-state index in [0.717, 1.165) is 5.92 Å². The molecule has 0 rings (SSSR count). The zero-order chi connectivity index (χ0) is 9.40. The van der Waals surface area contributed by atoms with Crippen LogP contribution < -0.4 is 5.32 Å². The van der Waals surface area contributed by atoms with Crippen LogP contribution in [0.15, 0.2) is 0 Å². The molecule has 1 heteroatoms. The average molecular weight is 171 g/mol. The lowest BCUT2D eigenvalue weighted by Gasteiger charge is -2.23. The van der Waals surface area contributed by atoms with Gasteiger partial charge in [-0.3, -0.25) is 0 Å². The van der Waals surface area contributed by atoms with Crippen LogP contribution in [-0.2, 0) is 0 Å². The van der Waals surface area contributed by atoms with E-state index in [4.69, 9.17) is 0 Å². The molecule has 2 atom stereocenters. The molecule has 0 aromatic rings. The lowest BCUT2D eigenvalue weighted by molar-refractivity contribution is 0.341. The first-order valence-corrected chi connectivity index (χ1v) is 5.49. The number of nitrogens with one attached hydrogen (secondary N) is 1. The summed E-state index contributed by atoms with van der Waals surface area (Å²) in [6, 6.07) is 0.704. The zero-order valence-corrected chi connectivity index (χ0v) is 9.19. The van der Waals surface area contributed by atoms with Crippen molar-refractivity contribution in [1.29, 1.82) is 0 Å². The van der Waals surface area contributed by atoms with Gasteiger partial charge in [-0.1, -0.05) is 33.6 Å². The van der Waals surface area contributed by atoms with E-state index in [1.54, 1.807) is 0 Å². The molecule has 0 saturated heterocycles. The van der Waals surface area contributed by atoms with Gasteiger partial charge in [0.05, 0.1) is 0 Å². The van der Waals surface area contributed by atoms with E-state index in [9.17, 15) is 0 Å². The Hall–Kier alpha value is -0.0400. The van der Waals surface area contributed by atoms with Gasteiger partial charge in [0.1, 0.15) is 0 Å². The maximum absolute atomic E-state index is 3.57. The van der Waals surface area contributed by atoms with Crippen LogP contribution in [0, 0.1) is 5.92 Å². The zero-order valence-electron chi connectivity index (χ0n) is 9.19. The van der Waals surface area contributed by atoms with E-state index in [0.29, 0.717) is 6.04 Å². The molecule has 0 aromatic carbocycles. The first kappa shape index (κ1) is 12.0. The Labute approximate surface area is 77.9 Å². The molecule has 0 aromatic heterocycles.